The zero-order valence-corrected chi connectivity index (χ0v) is 16.2. The van der Waals surface area contributed by atoms with Crippen molar-refractivity contribution in [2.24, 2.45) is 0 Å². The minimum atomic E-state index is -0.231. The molecule has 6 nitrogen and oxygen atoms in total. The van der Waals surface area contributed by atoms with Crippen LogP contribution in [0, 0.1) is 0 Å². The number of hydrogen-bond acceptors (Lipinski definition) is 3. The number of H-pyrrole nitrogens is 3. The van der Waals surface area contributed by atoms with E-state index < -0.39 is 0 Å². The number of aromatic amines is 3. The third-order valence-corrected chi connectivity index (χ3v) is 5.94. The lowest BCUT2D eigenvalue weighted by Crippen LogP contribution is -2.26. The van der Waals surface area contributed by atoms with Gasteiger partial charge in [-0.2, -0.15) is 0 Å². The highest BCUT2D eigenvalue weighted by Gasteiger charge is 2.21. The van der Waals surface area contributed by atoms with Crippen LogP contribution in [-0.2, 0) is 0 Å². The Kier molecular flexibility index (Phi) is 4.09. The highest BCUT2D eigenvalue weighted by atomic mass is 16.1. The first-order valence-corrected chi connectivity index (χ1v) is 10.1. The van der Waals surface area contributed by atoms with Gasteiger partial charge in [0.2, 0.25) is 0 Å². The maximum Gasteiger partial charge on any atom is 0.325 e. The molecule has 0 unspecified atom stereocenters. The molecule has 4 N–H and O–H groups in total. The van der Waals surface area contributed by atoms with Gasteiger partial charge in [-0.15, -0.1) is 0 Å². The number of imidazole rings is 1. The van der Waals surface area contributed by atoms with Crippen LogP contribution in [0.5, 0.6) is 0 Å². The van der Waals surface area contributed by atoms with Gasteiger partial charge in [0, 0.05) is 22.7 Å². The molecule has 1 saturated heterocycles. The van der Waals surface area contributed by atoms with Crippen molar-refractivity contribution in [3.63, 3.8) is 0 Å². The van der Waals surface area contributed by atoms with Crippen molar-refractivity contribution in [1.82, 2.24) is 25.3 Å². The number of nitrogens with one attached hydrogen (secondary N) is 4. The van der Waals surface area contributed by atoms with E-state index in [0.29, 0.717) is 17.5 Å². The number of rotatable bonds is 3. The molecule has 0 radical (unpaired) electrons. The molecule has 0 bridgehead atoms. The van der Waals surface area contributed by atoms with Gasteiger partial charge >= 0.3 is 5.69 Å². The first-order valence-electron chi connectivity index (χ1n) is 10.1. The van der Waals surface area contributed by atoms with Crippen LogP contribution in [0.1, 0.15) is 49.7 Å². The number of pyridine rings is 1. The Hall–Kier alpha value is -2.86. The van der Waals surface area contributed by atoms with E-state index in [-0.39, 0.29) is 5.69 Å². The fourth-order valence-electron chi connectivity index (χ4n) is 4.60. The summed E-state index contributed by atoms with van der Waals surface area (Å²) < 4.78 is 0. The molecular formula is C22H25N5O. The van der Waals surface area contributed by atoms with Crippen LogP contribution in [-0.4, -0.2) is 33.0 Å². The second-order valence-electron chi connectivity index (χ2n) is 8.06. The lowest BCUT2D eigenvalue weighted by Gasteiger charge is -2.23. The Bertz CT molecular complexity index is 1210. The van der Waals surface area contributed by atoms with Gasteiger partial charge < -0.3 is 15.3 Å². The molecule has 0 amide bonds. The Morgan fingerprint density at radius 3 is 2.68 bits per heavy atom. The van der Waals surface area contributed by atoms with Crippen molar-refractivity contribution in [2.45, 2.75) is 38.5 Å². The molecule has 0 aliphatic carbocycles. The van der Waals surface area contributed by atoms with E-state index in [2.05, 4.69) is 57.3 Å². The molecule has 0 atom stereocenters. The van der Waals surface area contributed by atoms with Gasteiger partial charge in [-0.25, -0.2) is 9.78 Å². The third kappa shape index (κ3) is 2.76. The normalized spacial score (nSPS) is 15.8. The first kappa shape index (κ1) is 17.3. The lowest BCUT2D eigenvalue weighted by molar-refractivity contribution is 0.460. The van der Waals surface area contributed by atoms with Crippen LogP contribution in [0.4, 0.5) is 0 Å². The van der Waals surface area contributed by atoms with Crippen molar-refractivity contribution in [3.05, 3.63) is 52.1 Å². The number of piperidine rings is 1. The van der Waals surface area contributed by atoms with E-state index in [1.807, 2.05) is 6.07 Å². The monoisotopic (exact) mass is 375 g/mol. The standard InChI is InChI=1S/C22H25N5O/c1-12(2)18-16-11-14(13-5-8-23-9-6-13)3-4-17(16)25-19(18)15-7-10-24-21-20(15)26-22(28)27-21/h3-4,7,10-13,23,25H,5-6,8-9H2,1-2H3,(H2,24,26,27,28). The summed E-state index contributed by atoms with van der Waals surface area (Å²) >= 11 is 0. The molecule has 0 spiro atoms. The molecule has 144 valence electrons. The Balaban J connectivity index is 1.72. The van der Waals surface area contributed by atoms with E-state index in [9.17, 15) is 4.79 Å². The maximum atomic E-state index is 11.8. The van der Waals surface area contributed by atoms with E-state index in [1.54, 1.807) is 6.20 Å². The summed E-state index contributed by atoms with van der Waals surface area (Å²) in [6.07, 6.45) is 4.13. The second kappa shape index (κ2) is 6.63. The summed E-state index contributed by atoms with van der Waals surface area (Å²) in [6.45, 7) is 6.63. The molecule has 4 aromatic rings. The topological polar surface area (TPSA) is 89.4 Å². The highest BCUT2D eigenvalue weighted by molar-refractivity contribution is 5.97. The molecule has 1 fully saturated rings. The van der Waals surface area contributed by atoms with E-state index in [4.69, 9.17) is 0 Å². The Morgan fingerprint density at radius 1 is 1.07 bits per heavy atom. The van der Waals surface area contributed by atoms with Gasteiger partial charge in [0.15, 0.2) is 5.65 Å². The largest absolute Gasteiger partial charge is 0.354 e. The Labute approximate surface area is 162 Å². The van der Waals surface area contributed by atoms with Gasteiger partial charge in [-0.05, 0) is 67.1 Å². The molecule has 4 heterocycles. The van der Waals surface area contributed by atoms with Crippen LogP contribution in [0.3, 0.4) is 0 Å². The zero-order valence-electron chi connectivity index (χ0n) is 16.2. The molecule has 0 saturated carbocycles. The maximum absolute atomic E-state index is 11.8. The molecule has 6 heteroatoms. The van der Waals surface area contributed by atoms with Crippen LogP contribution >= 0.6 is 0 Å². The SMILES string of the molecule is CC(C)c1c(-c2ccnc3[nH]c(=O)[nH]c23)[nH]c2ccc(C3CCNCC3)cc12. The first-order chi connectivity index (χ1) is 13.6. The lowest BCUT2D eigenvalue weighted by atomic mass is 9.88. The highest BCUT2D eigenvalue weighted by Crippen LogP contribution is 2.39. The van der Waals surface area contributed by atoms with Crippen LogP contribution in [0.2, 0.25) is 0 Å². The average molecular weight is 375 g/mol. The minimum absolute atomic E-state index is 0.231. The molecule has 3 aromatic heterocycles. The summed E-state index contributed by atoms with van der Waals surface area (Å²) in [6, 6.07) is 8.82. The summed E-state index contributed by atoms with van der Waals surface area (Å²) in [4.78, 5) is 25.4. The molecule has 1 aliphatic rings. The summed E-state index contributed by atoms with van der Waals surface area (Å²) in [5.74, 6) is 0.971. The molecule has 28 heavy (non-hydrogen) atoms. The van der Waals surface area contributed by atoms with Crippen LogP contribution in [0.15, 0.2) is 35.3 Å². The van der Waals surface area contributed by atoms with Crippen molar-refractivity contribution in [3.8, 4) is 11.3 Å². The Morgan fingerprint density at radius 2 is 1.89 bits per heavy atom. The van der Waals surface area contributed by atoms with Crippen molar-refractivity contribution in [1.29, 1.82) is 0 Å². The van der Waals surface area contributed by atoms with Crippen molar-refractivity contribution >= 4 is 22.1 Å². The number of nitrogens with zero attached hydrogens (tertiary/aromatic N) is 1. The third-order valence-electron chi connectivity index (χ3n) is 5.94. The molecule has 1 aliphatic heterocycles. The van der Waals surface area contributed by atoms with E-state index in [0.717, 1.165) is 35.4 Å². The fourth-order valence-corrected chi connectivity index (χ4v) is 4.60. The van der Waals surface area contributed by atoms with E-state index in [1.165, 1.54) is 29.4 Å². The van der Waals surface area contributed by atoms with Gasteiger partial charge in [0.1, 0.15) is 0 Å². The minimum Gasteiger partial charge on any atom is -0.354 e. The predicted molar refractivity (Wildman–Crippen MR) is 113 cm³/mol. The van der Waals surface area contributed by atoms with Gasteiger partial charge in [-0.3, -0.25) is 4.98 Å². The summed E-state index contributed by atoms with van der Waals surface area (Å²) in [5, 5.41) is 4.73. The molecular weight excluding hydrogens is 350 g/mol. The molecule has 5 rings (SSSR count). The summed E-state index contributed by atoms with van der Waals surface area (Å²) in [7, 11) is 0. The van der Waals surface area contributed by atoms with Gasteiger partial charge in [-0.1, -0.05) is 19.9 Å². The zero-order chi connectivity index (χ0) is 19.3. The van der Waals surface area contributed by atoms with Crippen molar-refractivity contribution in [2.75, 3.05) is 13.1 Å². The smallest absolute Gasteiger partial charge is 0.325 e. The van der Waals surface area contributed by atoms with Gasteiger partial charge in [0.05, 0.1) is 11.2 Å². The number of benzene rings is 1. The second-order valence-corrected chi connectivity index (χ2v) is 8.06. The number of hydrogen-bond donors (Lipinski definition) is 4. The number of aromatic nitrogens is 4. The molecule has 1 aromatic carbocycles. The summed E-state index contributed by atoms with van der Waals surface area (Å²) in [5.41, 5.74) is 7.01. The van der Waals surface area contributed by atoms with Crippen LogP contribution < -0.4 is 11.0 Å². The quantitative estimate of drug-likeness (QED) is 0.436. The number of fused-ring (bicyclic) bond motifs is 2. The van der Waals surface area contributed by atoms with Crippen LogP contribution in [0.25, 0.3) is 33.3 Å². The van der Waals surface area contributed by atoms with Crippen molar-refractivity contribution < 1.29 is 0 Å². The fraction of sp³-hybridized carbons (Fsp3) is 0.364. The average Bonchev–Trinajstić information content (AvgIpc) is 3.27. The predicted octanol–water partition coefficient (Wildman–Crippen LogP) is 3.99. The van der Waals surface area contributed by atoms with Gasteiger partial charge in [0.25, 0.3) is 0 Å². The van der Waals surface area contributed by atoms with E-state index >= 15 is 0 Å².